The fraction of sp³-hybridized carbons (Fsp3) is 0.107. The summed E-state index contributed by atoms with van der Waals surface area (Å²) >= 11 is 0. The van der Waals surface area contributed by atoms with E-state index < -0.39 is 18.0 Å². The van der Waals surface area contributed by atoms with Crippen LogP contribution in [0.2, 0.25) is 0 Å². The van der Waals surface area contributed by atoms with Gasteiger partial charge in [0.1, 0.15) is 6.61 Å². The number of esters is 2. The first-order chi connectivity index (χ1) is 15.9. The van der Waals surface area contributed by atoms with Crippen LogP contribution in [-0.4, -0.2) is 17.7 Å². The van der Waals surface area contributed by atoms with E-state index in [1.54, 1.807) is 37.3 Å². The molecule has 0 spiro atoms. The van der Waals surface area contributed by atoms with E-state index in [-0.39, 0.29) is 12.4 Å². The molecule has 0 aromatic heterocycles. The van der Waals surface area contributed by atoms with Gasteiger partial charge in [0.15, 0.2) is 11.9 Å². The van der Waals surface area contributed by atoms with Crippen LogP contribution in [-0.2, 0) is 25.7 Å². The largest absolute Gasteiger partial charge is 0.457 e. The zero-order valence-corrected chi connectivity index (χ0v) is 18.1. The maximum Gasteiger partial charge on any atom is 0.333 e. The summed E-state index contributed by atoms with van der Waals surface area (Å²) in [6, 6.07) is 21.6. The molecule has 0 heterocycles. The van der Waals surface area contributed by atoms with Crippen LogP contribution in [0.3, 0.4) is 0 Å². The van der Waals surface area contributed by atoms with Crippen molar-refractivity contribution < 1.29 is 23.9 Å². The number of rotatable bonds is 6. The van der Waals surface area contributed by atoms with Gasteiger partial charge in [-0.2, -0.15) is 0 Å². The molecule has 0 aliphatic heterocycles. The Morgan fingerprint density at radius 3 is 2.06 bits per heavy atom. The van der Waals surface area contributed by atoms with E-state index in [1.165, 1.54) is 6.08 Å². The van der Waals surface area contributed by atoms with Gasteiger partial charge in [-0.1, -0.05) is 79.4 Å². The van der Waals surface area contributed by atoms with Gasteiger partial charge in [0.25, 0.3) is 0 Å². The van der Waals surface area contributed by atoms with Crippen molar-refractivity contribution in [3.05, 3.63) is 124 Å². The topological polar surface area (TPSA) is 69.7 Å². The first-order valence-corrected chi connectivity index (χ1v) is 10.5. The van der Waals surface area contributed by atoms with Gasteiger partial charge >= 0.3 is 11.9 Å². The van der Waals surface area contributed by atoms with Crippen LogP contribution in [0.4, 0.5) is 0 Å². The SMILES string of the molecule is C=C(C)C(=O)OCc1ccc(/C=C/C(=O)OC2c3ccccc3C(=O)c3ccccc32)cc1. The van der Waals surface area contributed by atoms with Crippen molar-refractivity contribution in [2.24, 2.45) is 0 Å². The highest BCUT2D eigenvalue weighted by molar-refractivity contribution is 6.12. The number of hydrogen-bond acceptors (Lipinski definition) is 5. The molecule has 3 aromatic rings. The molecule has 164 valence electrons. The minimum Gasteiger partial charge on any atom is -0.457 e. The molecule has 1 aliphatic rings. The van der Waals surface area contributed by atoms with Gasteiger partial charge in [0.05, 0.1) is 0 Å². The summed E-state index contributed by atoms with van der Waals surface area (Å²) in [4.78, 5) is 36.9. The maximum absolute atomic E-state index is 12.8. The van der Waals surface area contributed by atoms with Gasteiger partial charge in [0.2, 0.25) is 0 Å². The summed E-state index contributed by atoms with van der Waals surface area (Å²) in [6.45, 7) is 5.29. The second-order valence-electron chi connectivity index (χ2n) is 7.75. The van der Waals surface area contributed by atoms with Crippen LogP contribution in [0.1, 0.15) is 51.2 Å². The number of carbonyl (C=O) groups excluding carboxylic acids is 3. The lowest BCUT2D eigenvalue weighted by atomic mass is 9.83. The molecular weight excluding hydrogens is 416 g/mol. The van der Waals surface area contributed by atoms with E-state index in [2.05, 4.69) is 6.58 Å². The third-order valence-electron chi connectivity index (χ3n) is 5.32. The molecule has 4 rings (SSSR count). The number of ether oxygens (including phenoxy) is 2. The highest BCUT2D eigenvalue weighted by atomic mass is 16.5. The molecule has 0 bridgehead atoms. The van der Waals surface area contributed by atoms with Gasteiger partial charge < -0.3 is 9.47 Å². The second kappa shape index (κ2) is 9.49. The van der Waals surface area contributed by atoms with Gasteiger partial charge in [-0.15, -0.1) is 0 Å². The van der Waals surface area contributed by atoms with Crippen molar-refractivity contribution in [1.29, 1.82) is 0 Å². The van der Waals surface area contributed by atoms with Crippen molar-refractivity contribution >= 4 is 23.8 Å². The number of benzene rings is 3. The minimum atomic E-state index is -0.655. The molecule has 5 heteroatoms. The number of carbonyl (C=O) groups is 3. The Morgan fingerprint density at radius 2 is 1.48 bits per heavy atom. The van der Waals surface area contributed by atoms with Crippen LogP contribution in [0.5, 0.6) is 0 Å². The lowest BCUT2D eigenvalue weighted by Gasteiger charge is -2.26. The summed E-state index contributed by atoms with van der Waals surface area (Å²) < 4.78 is 10.9. The molecule has 0 radical (unpaired) electrons. The van der Waals surface area contributed by atoms with E-state index in [0.717, 1.165) is 11.1 Å². The fourth-order valence-electron chi connectivity index (χ4n) is 3.62. The molecule has 0 amide bonds. The second-order valence-corrected chi connectivity index (χ2v) is 7.75. The molecule has 0 atom stereocenters. The Kier molecular flexibility index (Phi) is 6.31. The molecular formula is C28H22O5. The van der Waals surface area contributed by atoms with Crippen LogP contribution >= 0.6 is 0 Å². The van der Waals surface area contributed by atoms with Crippen LogP contribution in [0, 0.1) is 0 Å². The number of hydrogen-bond donors (Lipinski definition) is 0. The fourth-order valence-corrected chi connectivity index (χ4v) is 3.62. The number of ketones is 1. The third-order valence-corrected chi connectivity index (χ3v) is 5.32. The standard InChI is InChI=1S/C28H22O5/c1-18(2)28(31)32-17-20-13-11-19(12-14-20)15-16-25(29)33-27-23-9-5-3-7-21(23)26(30)22-8-4-6-10-24(22)27/h3-16,27H,1,17H2,2H3/b16-15+. The lowest BCUT2D eigenvalue weighted by Crippen LogP contribution is -2.22. The molecule has 33 heavy (non-hydrogen) atoms. The first-order valence-electron chi connectivity index (χ1n) is 10.5. The Hall–Kier alpha value is -4.25. The van der Waals surface area contributed by atoms with Gasteiger partial charge in [0, 0.05) is 33.9 Å². The summed E-state index contributed by atoms with van der Waals surface area (Å²) in [7, 11) is 0. The van der Waals surface area contributed by atoms with Crippen LogP contribution in [0.25, 0.3) is 6.08 Å². The number of fused-ring (bicyclic) bond motifs is 2. The monoisotopic (exact) mass is 438 g/mol. The Bertz CT molecular complexity index is 1220. The summed E-state index contributed by atoms with van der Waals surface area (Å²) in [5.41, 5.74) is 4.40. The normalized spacial score (nSPS) is 12.7. The highest BCUT2D eigenvalue weighted by Crippen LogP contribution is 2.37. The van der Waals surface area contributed by atoms with E-state index in [1.807, 2.05) is 48.5 Å². The zero-order valence-electron chi connectivity index (χ0n) is 18.1. The van der Waals surface area contributed by atoms with Crippen molar-refractivity contribution in [3.8, 4) is 0 Å². The first kappa shape index (κ1) is 22.0. The van der Waals surface area contributed by atoms with Gasteiger partial charge in [-0.05, 0) is 24.1 Å². The molecule has 0 unspecified atom stereocenters. The third kappa shape index (κ3) is 4.83. The van der Waals surface area contributed by atoms with Crippen molar-refractivity contribution in [2.45, 2.75) is 19.6 Å². The van der Waals surface area contributed by atoms with Crippen molar-refractivity contribution in [3.63, 3.8) is 0 Å². The van der Waals surface area contributed by atoms with Gasteiger partial charge in [-0.25, -0.2) is 9.59 Å². The quantitative estimate of drug-likeness (QED) is 0.391. The highest BCUT2D eigenvalue weighted by Gasteiger charge is 2.32. The smallest absolute Gasteiger partial charge is 0.333 e. The predicted molar refractivity (Wildman–Crippen MR) is 124 cm³/mol. The van der Waals surface area contributed by atoms with Crippen molar-refractivity contribution in [1.82, 2.24) is 0 Å². The van der Waals surface area contributed by atoms with Gasteiger partial charge in [-0.3, -0.25) is 4.79 Å². The van der Waals surface area contributed by atoms with E-state index in [0.29, 0.717) is 27.8 Å². The zero-order chi connectivity index (χ0) is 23.4. The van der Waals surface area contributed by atoms with Crippen LogP contribution < -0.4 is 0 Å². The Labute approximate surface area is 192 Å². The lowest BCUT2D eigenvalue weighted by molar-refractivity contribution is -0.141. The van der Waals surface area contributed by atoms with Crippen LogP contribution in [0.15, 0.2) is 91.0 Å². The summed E-state index contributed by atoms with van der Waals surface area (Å²) in [5, 5.41) is 0. The molecule has 1 aliphatic carbocycles. The van der Waals surface area contributed by atoms with E-state index >= 15 is 0 Å². The molecule has 0 fully saturated rings. The average Bonchev–Trinajstić information content (AvgIpc) is 2.84. The maximum atomic E-state index is 12.8. The van der Waals surface area contributed by atoms with E-state index in [9.17, 15) is 14.4 Å². The molecule has 0 saturated heterocycles. The average molecular weight is 438 g/mol. The van der Waals surface area contributed by atoms with E-state index in [4.69, 9.17) is 9.47 Å². The molecule has 0 N–H and O–H groups in total. The molecule has 5 nitrogen and oxygen atoms in total. The Morgan fingerprint density at radius 1 is 0.909 bits per heavy atom. The molecule has 0 saturated carbocycles. The Balaban J connectivity index is 1.46. The summed E-state index contributed by atoms with van der Waals surface area (Å²) in [5.74, 6) is -1.02. The minimum absolute atomic E-state index is 0.0712. The molecule has 3 aromatic carbocycles. The summed E-state index contributed by atoms with van der Waals surface area (Å²) in [6.07, 6.45) is 2.35. The van der Waals surface area contributed by atoms with Crippen molar-refractivity contribution in [2.75, 3.05) is 0 Å². The predicted octanol–water partition coefficient (Wildman–Crippen LogP) is 5.20.